The van der Waals surface area contributed by atoms with Crippen molar-refractivity contribution in [1.82, 2.24) is 4.98 Å². The van der Waals surface area contributed by atoms with Gasteiger partial charge in [0.05, 0.1) is 23.7 Å². The maximum atomic E-state index is 11.3. The van der Waals surface area contributed by atoms with Gasteiger partial charge in [0.2, 0.25) is 5.82 Å². The van der Waals surface area contributed by atoms with Gasteiger partial charge in [0.1, 0.15) is 0 Å². The summed E-state index contributed by atoms with van der Waals surface area (Å²) in [5, 5.41) is 20.1. The van der Waals surface area contributed by atoms with Crippen LogP contribution in [0.2, 0.25) is 0 Å². The Morgan fingerprint density at radius 1 is 1.67 bits per heavy atom. The highest BCUT2D eigenvalue weighted by Crippen LogP contribution is 2.29. The van der Waals surface area contributed by atoms with Gasteiger partial charge < -0.3 is 14.7 Å². The Kier molecular flexibility index (Phi) is 3.11. The fourth-order valence-corrected chi connectivity index (χ4v) is 1.68. The van der Waals surface area contributed by atoms with Crippen LogP contribution in [-0.2, 0) is 4.74 Å². The summed E-state index contributed by atoms with van der Waals surface area (Å²) in [6.45, 7) is 0.594. The SMILES string of the molecule is COC(=O)c1cnc(N2CC(O)C2)c([N+](=O)[O-])c1. The molecule has 0 saturated carbocycles. The molecule has 1 fully saturated rings. The number of carbonyl (C=O) groups is 1. The minimum atomic E-state index is -0.680. The number of methoxy groups -OCH3 is 1. The van der Waals surface area contributed by atoms with Crippen LogP contribution in [0.4, 0.5) is 11.5 Å². The van der Waals surface area contributed by atoms with Gasteiger partial charge in [-0.25, -0.2) is 9.78 Å². The van der Waals surface area contributed by atoms with Gasteiger partial charge in [-0.2, -0.15) is 0 Å². The Morgan fingerprint density at radius 2 is 2.33 bits per heavy atom. The maximum absolute atomic E-state index is 11.3. The van der Waals surface area contributed by atoms with E-state index in [9.17, 15) is 20.0 Å². The molecule has 18 heavy (non-hydrogen) atoms. The van der Waals surface area contributed by atoms with E-state index < -0.39 is 17.0 Å². The number of nitro groups is 1. The second kappa shape index (κ2) is 4.57. The number of nitrogens with zero attached hydrogens (tertiary/aromatic N) is 3. The van der Waals surface area contributed by atoms with E-state index in [1.165, 1.54) is 13.3 Å². The molecule has 0 aliphatic carbocycles. The predicted octanol–water partition coefficient (Wildman–Crippen LogP) is -0.0427. The van der Waals surface area contributed by atoms with E-state index in [1.807, 2.05) is 0 Å². The number of pyridine rings is 1. The molecule has 8 heteroatoms. The molecule has 0 atom stereocenters. The summed E-state index contributed by atoms with van der Waals surface area (Å²) in [5.41, 5.74) is -0.251. The first-order valence-electron chi connectivity index (χ1n) is 5.18. The molecule has 1 aliphatic rings. The number of ether oxygens (including phenoxy) is 1. The fourth-order valence-electron chi connectivity index (χ4n) is 1.68. The van der Waals surface area contributed by atoms with Crippen LogP contribution in [0, 0.1) is 10.1 Å². The van der Waals surface area contributed by atoms with E-state index in [0.717, 1.165) is 6.07 Å². The molecular weight excluding hydrogens is 242 g/mol. The molecule has 0 bridgehead atoms. The molecule has 1 N–H and O–H groups in total. The number of carbonyl (C=O) groups excluding carboxylic acids is 1. The monoisotopic (exact) mass is 253 g/mol. The Morgan fingerprint density at radius 3 is 2.83 bits per heavy atom. The topological polar surface area (TPSA) is 106 Å². The predicted molar refractivity (Wildman–Crippen MR) is 60.5 cm³/mol. The summed E-state index contributed by atoms with van der Waals surface area (Å²) in [4.78, 5) is 27.1. The highest BCUT2D eigenvalue weighted by atomic mass is 16.6. The second-order valence-electron chi connectivity index (χ2n) is 3.87. The van der Waals surface area contributed by atoms with Crippen LogP contribution < -0.4 is 4.90 Å². The van der Waals surface area contributed by atoms with Gasteiger partial charge in [-0.05, 0) is 0 Å². The Hall–Kier alpha value is -2.22. The van der Waals surface area contributed by atoms with E-state index in [0.29, 0.717) is 13.1 Å². The lowest BCUT2D eigenvalue weighted by Crippen LogP contribution is -2.51. The number of aromatic nitrogens is 1. The summed E-state index contributed by atoms with van der Waals surface area (Å²) in [7, 11) is 1.19. The van der Waals surface area contributed by atoms with E-state index in [2.05, 4.69) is 9.72 Å². The number of hydrogen-bond acceptors (Lipinski definition) is 7. The van der Waals surface area contributed by atoms with E-state index >= 15 is 0 Å². The van der Waals surface area contributed by atoms with Crippen molar-refractivity contribution < 1.29 is 19.6 Å². The highest BCUT2D eigenvalue weighted by Gasteiger charge is 2.31. The summed E-state index contributed by atoms with van der Waals surface area (Å²) in [5.74, 6) is -0.529. The zero-order valence-corrected chi connectivity index (χ0v) is 9.57. The first-order chi connectivity index (χ1) is 8.52. The van der Waals surface area contributed by atoms with Crippen molar-refractivity contribution in [2.75, 3.05) is 25.1 Å². The summed E-state index contributed by atoms with van der Waals surface area (Å²) in [6, 6.07) is 1.12. The third-order valence-electron chi connectivity index (χ3n) is 2.63. The van der Waals surface area contributed by atoms with Crippen molar-refractivity contribution in [1.29, 1.82) is 0 Å². The average Bonchev–Trinajstić information content (AvgIpc) is 2.33. The molecule has 1 aromatic heterocycles. The van der Waals surface area contributed by atoms with Gasteiger partial charge in [-0.15, -0.1) is 0 Å². The number of aliphatic hydroxyl groups excluding tert-OH is 1. The summed E-state index contributed by atoms with van der Waals surface area (Å²) >= 11 is 0. The van der Waals surface area contributed by atoms with E-state index in [-0.39, 0.29) is 17.1 Å². The molecule has 1 aromatic rings. The Balaban J connectivity index is 2.36. The number of hydrogen-bond donors (Lipinski definition) is 1. The normalized spacial score (nSPS) is 15.1. The number of anilines is 1. The van der Waals surface area contributed by atoms with Crippen LogP contribution in [-0.4, -0.2) is 47.3 Å². The number of rotatable bonds is 3. The summed E-state index contributed by atoms with van der Waals surface area (Å²) in [6.07, 6.45) is 0.727. The fraction of sp³-hybridized carbons (Fsp3) is 0.400. The van der Waals surface area contributed by atoms with E-state index in [1.54, 1.807) is 4.90 Å². The van der Waals surface area contributed by atoms with Crippen molar-refractivity contribution in [2.24, 2.45) is 0 Å². The number of esters is 1. The maximum Gasteiger partial charge on any atom is 0.339 e. The smallest absolute Gasteiger partial charge is 0.339 e. The Labute approximate surface area is 102 Å². The molecule has 1 aliphatic heterocycles. The quantitative estimate of drug-likeness (QED) is 0.457. The zero-order chi connectivity index (χ0) is 13.3. The number of aliphatic hydroxyl groups is 1. The molecule has 0 aromatic carbocycles. The molecule has 1 saturated heterocycles. The van der Waals surface area contributed by atoms with Crippen molar-refractivity contribution in [3.8, 4) is 0 Å². The van der Waals surface area contributed by atoms with Crippen molar-refractivity contribution in [2.45, 2.75) is 6.10 Å². The van der Waals surface area contributed by atoms with Crippen LogP contribution in [0.25, 0.3) is 0 Å². The molecular formula is C10H11N3O5. The first-order valence-corrected chi connectivity index (χ1v) is 5.18. The van der Waals surface area contributed by atoms with Gasteiger partial charge >= 0.3 is 11.7 Å². The first kappa shape index (κ1) is 12.2. The molecule has 2 heterocycles. The second-order valence-corrected chi connectivity index (χ2v) is 3.87. The molecule has 0 amide bonds. The van der Waals surface area contributed by atoms with Crippen LogP contribution in [0.3, 0.4) is 0 Å². The van der Waals surface area contributed by atoms with Gasteiger partial charge in [0.25, 0.3) is 0 Å². The van der Waals surface area contributed by atoms with Crippen LogP contribution >= 0.6 is 0 Å². The minimum Gasteiger partial charge on any atom is -0.465 e. The van der Waals surface area contributed by atoms with Gasteiger partial charge in [-0.3, -0.25) is 10.1 Å². The Bertz CT molecular complexity index is 498. The van der Waals surface area contributed by atoms with Gasteiger partial charge in [0, 0.05) is 25.4 Å². The zero-order valence-electron chi connectivity index (χ0n) is 9.57. The molecule has 96 valence electrons. The molecule has 0 spiro atoms. The molecule has 0 radical (unpaired) electrons. The average molecular weight is 253 g/mol. The lowest BCUT2D eigenvalue weighted by atomic mass is 10.1. The third-order valence-corrected chi connectivity index (χ3v) is 2.63. The lowest BCUT2D eigenvalue weighted by Gasteiger charge is -2.36. The molecule has 2 rings (SSSR count). The van der Waals surface area contributed by atoms with Gasteiger partial charge in [-0.1, -0.05) is 0 Å². The highest BCUT2D eigenvalue weighted by molar-refractivity contribution is 5.90. The van der Waals surface area contributed by atoms with Crippen LogP contribution in [0.5, 0.6) is 0 Å². The van der Waals surface area contributed by atoms with E-state index in [4.69, 9.17) is 0 Å². The molecule has 8 nitrogen and oxygen atoms in total. The minimum absolute atomic E-state index is 0.0222. The van der Waals surface area contributed by atoms with Crippen molar-refractivity contribution >= 4 is 17.5 Å². The van der Waals surface area contributed by atoms with Crippen molar-refractivity contribution in [3.63, 3.8) is 0 Å². The third kappa shape index (κ3) is 2.09. The van der Waals surface area contributed by atoms with Crippen LogP contribution in [0.1, 0.15) is 10.4 Å². The molecule has 0 unspecified atom stereocenters. The lowest BCUT2D eigenvalue weighted by molar-refractivity contribution is -0.384. The van der Waals surface area contributed by atoms with Crippen molar-refractivity contribution in [3.05, 3.63) is 27.9 Å². The van der Waals surface area contributed by atoms with Gasteiger partial charge in [0.15, 0.2) is 0 Å². The number of β-amino-alcohol motifs (C(OH)–C–C–N with tert-alkyl or cyclic N) is 1. The summed E-state index contributed by atoms with van der Waals surface area (Å²) < 4.78 is 4.47. The largest absolute Gasteiger partial charge is 0.465 e. The van der Waals surface area contributed by atoms with Crippen LogP contribution in [0.15, 0.2) is 12.3 Å². The standard InChI is InChI=1S/C10H11N3O5/c1-18-10(15)6-2-8(13(16)17)9(11-3-6)12-4-7(14)5-12/h2-3,7,14H,4-5H2,1H3.